The van der Waals surface area contributed by atoms with Gasteiger partial charge in [0.25, 0.3) is 10.1 Å². The molecule has 0 radical (unpaired) electrons. The molecule has 0 fully saturated rings. The molecule has 35 heavy (non-hydrogen) atoms. The first-order chi connectivity index (χ1) is 16.7. The van der Waals surface area contributed by atoms with Gasteiger partial charge >= 0.3 is 0 Å². The van der Waals surface area contributed by atoms with Crippen molar-refractivity contribution in [3.05, 3.63) is 71.9 Å². The number of nitrogens with zero attached hydrogens (tertiary/aromatic N) is 2. The lowest BCUT2D eigenvalue weighted by Crippen LogP contribution is -2.28. The highest BCUT2D eigenvalue weighted by molar-refractivity contribution is 7.85. The van der Waals surface area contributed by atoms with Crippen molar-refractivity contribution in [3.8, 4) is 23.1 Å². The van der Waals surface area contributed by atoms with Gasteiger partial charge in [-0.05, 0) is 49.4 Å². The lowest BCUT2D eigenvalue weighted by atomic mass is 10.1. The normalized spacial score (nSPS) is 11.1. The Bertz CT molecular complexity index is 1260. The number of rotatable bonds is 11. The van der Waals surface area contributed by atoms with Crippen LogP contribution in [0.15, 0.2) is 60.8 Å². The van der Waals surface area contributed by atoms with Crippen LogP contribution in [0.1, 0.15) is 18.1 Å². The maximum absolute atomic E-state index is 12.7. The van der Waals surface area contributed by atoms with Gasteiger partial charge in [0.2, 0.25) is 11.8 Å². The van der Waals surface area contributed by atoms with E-state index in [1.165, 1.54) is 18.9 Å². The Hall–Kier alpha value is -3.63. The van der Waals surface area contributed by atoms with Gasteiger partial charge in [-0.15, -0.1) is 0 Å². The van der Waals surface area contributed by atoms with Gasteiger partial charge in [-0.1, -0.05) is 17.7 Å². The Morgan fingerprint density at radius 3 is 2.40 bits per heavy atom. The van der Waals surface area contributed by atoms with Gasteiger partial charge in [-0.2, -0.15) is 8.42 Å². The third kappa shape index (κ3) is 7.69. The van der Waals surface area contributed by atoms with E-state index < -0.39 is 10.1 Å². The maximum atomic E-state index is 12.7. The van der Waals surface area contributed by atoms with Gasteiger partial charge in [0.15, 0.2) is 0 Å². The van der Waals surface area contributed by atoms with Gasteiger partial charge in [0, 0.05) is 18.7 Å². The highest BCUT2D eigenvalue weighted by Gasteiger charge is 2.21. The lowest BCUT2D eigenvalue weighted by Gasteiger charge is -2.24. The average molecular weight is 501 g/mol. The van der Waals surface area contributed by atoms with E-state index in [-0.39, 0.29) is 31.5 Å². The van der Waals surface area contributed by atoms with Crippen molar-refractivity contribution in [1.29, 1.82) is 0 Å². The summed E-state index contributed by atoms with van der Waals surface area (Å²) < 4.78 is 44.2. The predicted octanol–water partition coefficient (Wildman–Crippen LogP) is 4.10. The van der Waals surface area contributed by atoms with E-state index in [9.17, 15) is 13.2 Å². The quantitative estimate of drug-likeness (QED) is 0.286. The van der Waals surface area contributed by atoms with Crippen LogP contribution in [0.25, 0.3) is 0 Å². The largest absolute Gasteiger partial charge is 0.497 e. The van der Waals surface area contributed by atoms with Crippen molar-refractivity contribution in [2.45, 2.75) is 20.4 Å². The van der Waals surface area contributed by atoms with E-state index in [2.05, 4.69) is 4.98 Å². The average Bonchev–Trinajstić information content (AvgIpc) is 2.82. The molecule has 0 bridgehead atoms. The molecular weight excluding hydrogens is 472 g/mol. The fourth-order valence-corrected chi connectivity index (χ4v) is 3.58. The van der Waals surface area contributed by atoms with Crippen LogP contribution in [0.5, 0.6) is 23.1 Å². The van der Waals surface area contributed by atoms with Crippen molar-refractivity contribution in [1.82, 2.24) is 4.98 Å². The summed E-state index contributed by atoms with van der Waals surface area (Å²) in [5, 5.41) is 0. The molecule has 3 rings (SSSR count). The molecule has 9 nitrogen and oxygen atoms in total. The number of hydrogen-bond donors (Lipinski definition) is 0. The predicted molar refractivity (Wildman–Crippen MR) is 132 cm³/mol. The third-order valence-electron chi connectivity index (χ3n) is 4.89. The van der Waals surface area contributed by atoms with Crippen LogP contribution in [-0.2, 0) is 25.6 Å². The zero-order valence-electron chi connectivity index (χ0n) is 20.1. The summed E-state index contributed by atoms with van der Waals surface area (Å²) >= 11 is 0. The number of methoxy groups -OCH3 is 1. The Labute approximate surface area is 205 Å². The molecule has 10 heteroatoms. The van der Waals surface area contributed by atoms with Crippen LogP contribution in [0.3, 0.4) is 0 Å². The molecule has 1 amide bonds. The summed E-state index contributed by atoms with van der Waals surface area (Å²) in [5.41, 5.74) is 2.22. The molecule has 186 valence electrons. The Balaban J connectivity index is 1.88. The van der Waals surface area contributed by atoms with Crippen LogP contribution in [0, 0.1) is 6.92 Å². The zero-order chi connectivity index (χ0) is 25.4. The molecule has 0 aliphatic heterocycles. The zero-order valence-corrected chi connectivity index (χ0v) is 20.9. The number of carbonyl (C=O) groups excluding carboxylic acids is 1. The molecule has 0 aliphatic carbocycles. The minimum absolute atomic E-state index is 0.00114. The second kappa shape index (κ2) is 11.7. The van der Waals surface area contributed by atoms with Crippen molar-refractivity contribution in [2.24, 2.45) is 0 Å². The van der Waals surface area contributed by atoms with E-state index in [1.54, 1.807) is 36.5 Å². The Morgan fingerprint density at radius 1 is 1.03 bits per heavy atom. The lowest BCUT2D eigenvalue weighted by molar-refractivity contribution is -0.116. The number of benzene rings is 2. The first kappa shape index (κ1) is 26.0. The molecular formula is C25H28N2O7S. The number of ether oxygens (including phenoxy) is 3. The van der Waals surface area contributed by atoms with Gasteiger partial charge in [-0.25, -0.2) is 4.98 Å². The van der Waals surface area contributed by atoms with E-state index in [0.717, 1.165) is 11.8 Å². The summed E-state index contributed by atoms with van der Waals surface area (Å²) in [5.74, 6) is 1.67. The number of carbonyl (C=O) groups is 1. The minimum atomic E-state index is -3.57. The fourth-order valence-electron chi connectivity index (χ4n) is 3.20. The Morgan fingerprint density at radius 2 is 1.74 bits per heavy atom. The van der Waals surface area contributed by atoms with Crippen LogP contribution in [0.4, 0.5) is 5.69 Å². The SMILES string of the molecule is COc1ccc(OCCOS(C)(=O)=O)c(CN(C(C)=O)c2cccnc2Oc2ccc(C)cc2)c1. The molecule has 1 heterocycles. The molecule has 0 saturated heterocycles. The highest BCUT2D eigenvalue weighted by atomic mass is 32.2. The molecule has 0 unspecified atom stereocenters. The van der Waals surface area contributed by atoms with E-state index in [4.69, 9.17) is 18.4 Å². The highest BCUT2D eigenvalue weighted by Crippen LogP contribution is 2.33. The van der Waals surface area contributed by atoms with Gasteiger partial charge in [-0.3, -0.25) is 8.98 Å². The van der Waals surface area contributed by atoms with Gasteiger partial charge < -0.3 is 19.1 Å². The molecule has 1 aromatic heterocycles. The topological polar surface area (TPSA) is 104 Å². The number of amides is 1. The summed E-state index contributed by atoms with van der Waals surface area (Å²) in [4.78, 5) is 18.6. The number of anilines is 1. The molecule has 3 aromatic rings. The maximum Gasteiger partial charge on any atom is 0.264 e. The van der Waals surface area contributed by atoms with Crippen LogP contribution < -0.4 is 19.1 Å². The number of pyridine rings is 1. The second-order valence-corrected chi connectivity index (χ2v) is 9.34. The molecule has 0 atom stereocenters. The van der Waals surface area contributed by atoms with E-state index >= 15 is 0 Å². The summed E-state index contributed by atoms with van der Waals surface area (Å²) in [6, 6.07) is 16.1. The monoisotopic (exact) mass is 500 g/mol. The fraction of sp³-hybridized carbons (Fsp3) is 0.280. The van der Waals surface area contributed by atoms with E-state index in [1.807, 2.05) is 31.2 Å². The Kier molecular flexibility index (Phi) is 8.67. The van der Waals surface area contributed by atoms with Crippen molar-refractivity contribution < 1.29 is 31.6 Å². The molecule has 2 aromatic carbocycles. The van der Waals surface area contributed by atoms with Crippen LogP contribution in [-0.4, -0.2) is 45.9 Å². The summed E-state index contributed by atoms with van der Waals surface area (Å²) in [7, 11) is -2.03. The minimum Gasteiger partial charge on any atom is -0.497 e. The smallest absolute Gasteiger partial charge is 0.264 e. The van der Waals surface area contributed by atoms with Crippen LogP contribution in [0.2, 0.25) is 0 Å². The third-order valence-corrected chi connectivity index (χ3v) is 5.49. The van der Waals surface area contributed by atoms with Gasteiger partial charge in [0.05, 0.1) is 19.9 Å². The number of aryl methyl sites for hydroxylation is 1. The second-order valence-electron chi connectivity index (χ2n) is 7.70. The summed E-state index contributed by atoms with van der Waals surface area (Å²) in [6.07, 6.45) is 2.56. The van der Waals surface area contributed by atoms with Crippen molar-refractivity contribution in [2.75, 3.05) is 31.5 Å². The number of hydrogen-bond acceptors (Lipinski definition) is 8. The van der Waals surface area contributed by atoms with Crippen LogP contribution >= 0.6 is 0 Å². The first-order valence-corrected chi connectivity index (χ1v) is 12.6. The molecule has 0 spiro atoms. The van der Waals surface area contributed by atoms with Crippen molar-refractivity contribution >= 4 is 21.7 Å². The van der Waals surface area contributed by atoms with Crippen molar-refractivity contribution in [3.63, 3.8) is 0 Å². The van der Waals surface area contributed by atoms with Gasteiger partial charge in [0.1, 0.15) is 36.1 Å². The molecule has 0 N–H and O–H groups in total. The van der Waals surface area contributed by atoms with E-state index in [0.29, 0.717) is 28.5 Å². The standard InChI is InChI=1S/C25H28N2O7S/c1-18-7-9-21(10-8-18)34-25-23(6-5-13-26-25)27(19(2)28)17-20-16-22(31-3)11-12-24(20)32-14-15-33-35(4,29)30/h5-13,16H,14-15,17H2,1-4H3. The number of aromatic nitrogens is 1. The molecule has 0 saturated carbocycles. The summed E-state index contributed by atoms with van der Waals surface area (Å²) in [6.45, 7) is 3.42. The first-order valence-electron chi connectivity index (χ1n) is 10.8. The molecule has 0 aliphatic rings.